The van der Waals surface area contributed by atoms with Crippen LogP contribution >= 0.6 is 0 Å². The number of ether oxygens (including phenoxy) is 1. The Kier molecular flexibility index (Phi) is 4.88. The summed E-state index contributed by atoms with van der Waals surface area (Å²) in [6.45, 7) is 7.70. The van der Waals surface area contributed by atoms with Crippen molar-refractivity contribution in [3.63, 3.8) is 0 Å². The number of hydrogen-bond acceptors (Lipinski definition) is 5. The van der Waals surface area contributed by atoms with Gasteiger partial charge in [-0.05, 0) is 19.8 Å². The van der Waals surface area contributed by atoms with Gasteiger partial charge in [0.2, 0.25) is 0 Å². The number of carbonyl (C=O) groups excluding carboxylic acids is 2. The zero-order chi connectivity index (χ0) is 18.3. The van der Waals surface area contributed by atoms with Gasteiger partial charge in [-0.15, -0.1) is 0 Å². The van der Waals surface area contributed by atoms with Crippen molar-refractivity contribution in [2.75, 3.05) is 32.8 Å². The predicted molar refractivity (Wildman–Crippen MR) is 96.6 cm³/mol. The summed E-state index contributed by atoms with van der Waals surface area (Å²) in [6.07, 6.45) is 4.34. The number of furan rings is 1. The monoisotopic (exact) mass is 360 g/mol. The molecule has 2 fully saturated rings. The lowest BCUT2D eigenvalue weighted by Gasteiger charge is -2.48. The van der Waals surface area contributed by atoms with Crippen LogP contribution in [0.2, 0.25) is 0 Å². The molecule has 0 radical (unpaired) electrons. The molecule has 6 heteroatoms. The van der Waals surface area contributed by atoms with E-state index in [1.165, 1.54) is 0 Å². The molecule has 26 heavy (non-hydrogen) atoms. The van der Waals surface area contributed by atoms with Gasteiger partial charge in [0.1, 0.15) is 11.5 Å². The Hall–Kier alpha value is -1.66. The Labute approximate surface area is 154 Å². The van der Waals surface area contributed by atoms with Gasteiger partial charge in [-0.3, -0.25) is 14.5 Å². The third kappa shape index (κ3) is 2.99. The number of aryl methyl sites for hydroxylation is 2. The zero-order valence-electron chi connectivity index (χ0n) is 15.8. The van der Waals surface area contributed by atoms with E-state index >= 15 is 0 Å². The molecule has 0 unspecified atom stereocenters. The van der Waals surface area contributed by atoms with Crippen LogP contribution < -0.4 is 0 Å². The van der Waals surface area contributed by atoms with Crippen molar-refractivity contribution in [1.29, 1.82) is 0 Å². The topological polar surface area (TPSA) is 63.0 Å². The molecule has 3 heterocycles. The molecule has 4 rings (SSSR count). The zero-order valence-corrected chi connectivity index (χ0v) is 15.8. The van der Waals surface area contributed by atoms with Gasteiger partial charge in [0.15, 0.2) is 5.78 Å². The lowest BCUT2D eigenvalue weighted by atomic mass is 9.92. The maximum absolute atomic E-state index is 13.2. The van der Waals surface area contributed by atoms with Gasteiger partial charge < -0.3 is 14.1 Å². The Morgan fingerprint density at radius 2 is 2.08 bits per heavy atom. The highest BCUT2D eigenvalue weighted by Gasteiger charge is 2.39. The molecule has 1 amide bonds. The van der Waals surface area contributed by atoms with E-state index in [0.29, 0.717) is 54.8 Å². The predicted octanol–water partition coefficient (Wildman–Crippen LogP) is 2.43. The number of Topliss-reactive ketones (excluding diaryl/α,β-unsaturated/α-hetero) is 1. The molecule has 0 saturated carbocycles. The van der Waals surface area contributed by atoms with E-state index in [0.717, 1.165) is 38.8 Å². The van der Waals surface area contributed by atoms with Crippen molar-refractivity contribution in [3.05, 3.63) is 22.6 Å². The average molecular weight is 360 g/mol. The van der Waals surface area contributed by atoms with E-state index in [4.69, 9.17) is 9.15 Å². The summed E-state index contributed by atoms with van der Waals surface area (Å²) in [6, 6.07) is 0.706. The molecule has 0 spiro atoms. The van der Waals surface area contributed by atoms with Gasteiger partial charge in [-0.2, -0.15) is 0 Å². The van der Waals surface area contributed by atoms with Gasteiger partial charge in [0.05, 0.1) is 30.4 Å². The van der Waals surface area contributed by atoms with Crippen LogP contribution in [0.4, 0.5) is 0 Å². The van der Waals surface area contributed by atoms with E-state index in [-0.39, 0.29) is 17.7 Å². The maximum atomic E-state index is 13.2. The lowest BCUT2D eigenvalue weighted by molar-refractivity contribution is -0.0776. The lowest BCUT2D eigenvalue weighted by Crippen LogP contribution is -2.62. The second kappa shape index (κ2) is 7.16. The minimum Gasteiger partial charge on any atom is -0.465 e. The Morgan fingerprint density at radius 1 is 1.23 bits per heavy atom. The Balaban J connectivity index is 1.54. The van der Waals surface area contributed by atoms with Crippen molar-refractivity contribution >= 4 is 11.7 Å². The van der Waals surface area contributed by atoms with Gasteiger partial charge in [-0.1, -0.05) is 13.3 Å². The van der Waals surface area contributed by atoms with Crippen LogP contribution in [0.3, 0.4) is 0 Å². The quantitative estimate of drug-likeness (QED) is 0.828. The SMILES string of the molecule is CCC[C@H]1COC[C@H]2CN(C(=O)c3c(C)oc4c3C(=O)CCC4)CCN12. The molecule has 0 N–H and O–H groups in total. The Bertz CT molecular complexity index is 709. The third-order valence-electron chi connectivity index (χ3n) is 5.98. The van der Waals surface area contributed by atoms with Gasteiger partial charge in [-0.25, -0.2) is 0 Å². The minimum atomic E-state index is -0.0555. The van der Waals surface area contributed by atoms with Crippen molar-refractivity contribution in [2.24, 2.45) is 0 Å². The van der Waals surface area contributed by atoms with Crippen molar-refractivity contribution in [1.82, 2.24) is 9.80 Å². The molecule has 2 atom stereocenters. The van der Waals surface area contributed by atoms with E-state index < -0.39 is 0 Å². The minimum absolute atomic E-state index is 0.0501. The second-order valence-electron chi connectivity index (χ2n) is 7.73. The number of carbonyl (C=O) groups is 2. The summed E-state index contributed by atoms with van der Waals surface area (Å²) in [5.74, 6) is 1.28. The largest absolute Gasteiger partial charge is 0.465 e. The summed E-state index contributed by atoms with van der Waals surface area (Å²) in [7, 11) is 0. The highest BCUT2D eigenvalue weighted by Crippen LogP contribution is 2.31. The molecule has 1 aromatic rings. The number of rotatable bonds is 3. The average Bonchev–Trinajstić information content (AvgIpc) is 2.98. The molecule has 1 aliphatic carbocycles. The molecular formula is C20H28N2O4. The van der Waals surface area contributed by atoms with Crippen molar-refractivity contribution < 1.29 is 18.7 Å². The molecule has 3 aliphatic rings. The van der Waals surface area contributed by atoms with E-state index in [2.05, 4.69) is 11.8 Å². The number of nitrogens with zero attached hydrogens (tertiary/aromatic N) is 2. The molecule has 142 valence electrons. The first-order chi connectivity index (χ1) is 12.6. The second-order valence-corrected chi connectivity index (χ2v) is 7.73. The van der Waals surface area contributed by atoms with E-state index in [1.807, 2.05) is 4.90 Å². The number of morpholine rings is 1. The molecule has 6 nitrogen and oxygen atoms in total. The summed E-state index contributed by atoms with van der Waals surface area (Å²) >= 11 is 0. The number of amides is 1. The normalized spacial score (nSPS) is 26.5. The van der Waals surface area contributed by atoms with Crippen molar-refractivity contribution in [3.8, 4) is 0 Å². The summed E-state index contributed by atoms with van der Waals surface area (Å²) in [5.41, 5.74) is 1.05. The molecular weight excluding hydrogens is 332 g/mol. The van der Waals surface area contributed by atoms with Crippen LogP contribution in [0.1, 0.15) is 64.8 Å². The van der Waals surface area contributed by atoms with Gasteiger partial charge in [0.25, 0.3) is 5.91 Å². The van der Waals surface area contributed by atoms with Gasteiger partial charge in [0, 0.05) is 38.5 Å². The number of ketones is 1. The summed E-state index contributed by atoms with van der Waals surface area (Å²) < 4.78 is 11.6. The van der Waals surface area contributed by atoms with Crippen LogP contribution in [0, 0.1) is 6.92 Å². The molecule has 1 aromatic heterocycles. The smallest absolute Gasteiger partial charge is 0.258 e. The summed E-state index contributed by atoms with van der Waals surface area (Å²) in [5, 5.41) is 0. The van der Waals surface area contributed by atoms with Crippen LogP contribution in [-0.4, -0.2) is 66.4 Å². The standard InChI is InChI=1S/C20H28N2O4/c1-3-5-14-11-25-12-15-10-21(8-9-22(14)15)20(24)18-13(2)26-17-7-4-6-16(23)19(17)18/h14-15H,3-12H2,1-2H3/t14-,15+/m0/s1. The first kappa shape index (κ1) is 17.7. The maximum Gasteiger partial charge on any atom is 0.258 e. The van der Waals surface area contributed by atoms with Crippen LogP contribution in [0.15, 0.2) is 4.42 Å². The first-order valence-electron chi connectivity index (χ1n) is 9.88. The number of piperazine rings is 1. The highest BCUT2D eigenvalue weighted by atomic mass is 16.5. The number of fused-ring (bicyclic) bond motifs is 2. The fraction of sp³-hybridized carbons (Fsp3) is 0.700. The summed E-state index contributed by atoms with van der Waals surface area (Å²) in [4.78, 5) is 30.0. The first-order valence-corrected chi connectivity index (χ1v) is 9.88. The molecule has 0 aromatic carbocycles. The molecule has 0 bridgehead atoms. The fourth-order valence-electron chi connectivity index (χ4n) is 4.72. The van der Waals surface area contributed by atoms with Crippen LogP contribution in [-0.2, 0) is 11.2 Å². The highest BCUT2D eigenvalue weighted by molar-refractivity contribution is 6.10. The molecule has 2 saturated heterocycles. The van der Waals surface area contributed by atoms with E-state index in [9.17, 15) is 9.59 Å². The fourth-order valence-corrected chi connectivity index (χ4v) is 4.72. The van der Waals surface area contributed by atoms with Crippen molar-refractivity contribution in [2.45, 2.75) is 58.0 Å². The van der Waals surface area contributed by atoms with Crippen LogP contribution in [0.5, 0.6) is 0 Å². The molecule has 2 aliphatic heterocycles. The van der Waals surface area contributed by atoms with E-state index in [1.54, 1.807) is 6.92 Å². The Morgan fingerprint density at radius 3 is 2.88 bits per heavy atom. The third-order valence-corrected chi connectivity index (χ3v) is 5.98. The number of hydrogen-bond donors (Lipinski definition) is 0. The van der Waals surface area contributed by atoms with Gasteiger partial charge >= 0.3 is 0 Å². The van der Waals surface area contributed by atoms with Crippen LogP contribution in [0.25, 0.3) is 0 Å².